The van der Waals surface area contributed by atoms with Crippen LogP contribution in [0.25, 0.3) is 16.5 Å². The van der Waals surface area contributed by atoms with Gasteiger partial charge < -0.3 is 24.2 Å². The molecule has 32 heavy (non-hydrogen) atoms. The quantitative estimate of drug-likeness (QED) is 0.287. The predicted molar refractivity (Wildman–Crippen MR) is 122 cm³/mol. The Morgan fingerprint density at radius 3 is 2.75 bits per heavy atom. The van der Waals surface area contributed by atoms with Gasteiger partial charge in [-0.15, -0.1) is 0 Å². The molecule has 1 fully saturated rings. The molecular weight excluding hydrogens is 427 g/mol. The lowest BCUT2D eigenvalue weighted by Gasteiger charge is -2.28. The first-order valence-electron chi connectivity index (χ1n) is 11.0. The van der Waals surface area contributed by atoms with E-state index in [4.69, 9.17) is 10.3 Å². The standard InChI is InChI=1S/C23H22BN2O5S/c1-2-23-17(27)11-22(31-23,9-10-30-32-24)18-19(23)21(29)26(20(18)28)16-8-7-13(12-25)14-5-3-4-6-15(14)16/h3-8,17,24,27-29H,2,9-11H2,1H3/t17-,22?,23?/m0/s1/i24T. The molecule has 2 bridgehead atoms. The molecule has 2 aliphatic heterocycles. The van der Waals surface area contributed by atoms with Crippen LogP contribution in [0.4, 0.5) is 0 Å². The van der Waals surface area contributed by atoms with Gasteiger partial charge in [0.1, 0.15) is 11.2 Å². The van der Waals surface area contributed by atoms with Gasteiger partial charge in [-0.05, 0) is 19.9 Å². The Hall–Kier alpha value is -2.64. The van der Waals surface area contributed by atoms with Crippen molar-refractivity contribution in [1.29, 1.82) is 6.60 Å². The molecule has 3 aromatic rings. The number of aromatic hydroxyl groups is 2. The minimum Gasteiger partial charge on any atom is -0.494 e. The summed E-state index contributed by atoms with van der Waals surface area (Å²) in [6.45, 7) is 2.11. The summed E-state index contributed by atoms with van der Waals surface area (Å²) in [6, 6.07) is 12.9. The van der Waals surface area contributed by atoms with Crippen molar-refractivity contribution in [3.8, 4) is 23.5 Å². The van der Waals surface area contributed by atoms with Crippen molar-refractivity contribution in [3.05, 3.63) is 53.1 Å². The first-order chi connectivity index (χ1) is 15.9. The van der Waals surface area contributed by atoms with E-state index in [2.05, 4.69) is 6.07 Å². The topological polar surface area (TPSA) is 108 Å². The van der Waals surface area contributed by atoms with Gasteiger partial charge in [-0.1, -0.05) is 43.1 Å². The average molecular weight is 451 g/mol. The molecule has 3 heterocycles. The minimum atomic E-state index is -1.14. The van der Waals surface area contributed by atoms with E-state index >= 15 is 0 Å². The van der Waals surface area contributed by atoms with Gasteiger partial charge in [0.15, 0.2) is 0 Å². The van der Waals surface area contributed by atoms with Crippen molar-refractivity contribution in [3.63, 3.8) is 0 Å². The molecular formula is C23H22BN2O5S. The van der Waals surface area contributed by atoms with E-state index in [1.807, 2.05) is 31.2 Å². The largest absolute Gasteiger partial charge is 0.494 e. The smallest absolute Gasteiger partial charge is 0.209 e. The molecule has 2 aromatic carbocycles. The number of aliphatic hydroxyl groups excluding tert-OH is 1. The van der Waals surface area contributed by atoms with Crippen molar-refractivity contribution in [2.24, 2.45) is 0 Å². The summed E-state index contributed by atoms with van der Waals surface area (Å²) in [6.07, 6.45) is 0.149. The van der Waals surface area contributed by atoms with Gasteiger partial charge in [-0.3, -0.25) is 4.57 Å². The second kappa shape index (κ2) is 7.46. The number of aromatic nitrogens is 1. The first kappa shape index (κ1) is 20.0. The van der Waals surface area contributed by atoms with Crippen LogP contribution < -0.4 is 0 Å². The number of rotatable bonds is 7. The van der Waals surface area contributed by atoms with Crippen LogP contribution in [0.5, 0.6) is 11.8 Å². The molecule has 3 atom stereocenters. The molecule has 0 spiro atoms. The molecule has 7 nitrogen and oxygen atoms in total. The molecule has 1 saturated heterocycles. The van der Waals surface area contributed by atoms with Crippen LogP contribution in [0.2, 0.25) is 0 Å². The highest BCUT2D eigenvalue weighted by atomic mass is 32.2. The van der Waals surface area contributed by atoms with Crippen LogP contribution in [0, 0.1) is 11.3 Å². The zero-order chi connectivity index (χ0) is 23.4. The summed E-state index contributed by atoms with van der Waals surface area (Å²) >= 11 is 0.896. The summed E-state index contributed by atoms with van der Waals surface area (Å²) in [5.74, 6) is -0.339. The number of hydrogen-bond donors (Lipinski definition) is 3. The number of nitrogens with zero attached hydrogens (tertiary/aromatic N) is 2. The molecule has 0 amide bonds. The van der Waals surface area contributed by atoms with Gasteiger partial charge in [-0.25, -0.2) is 0 Å². The van der Waals surface area contributed by atoms with Crippen LogP contribution in [0.15, 0.2) is 36.4 Å². The maximum atomic E-state index is 11.5. The van der Waals surface area contributed by atoms with Crippen molar-refractivity contribution in [1.82, 2.24) is 4.57 Å². The fourth-order valence-corrected chi connectivity index (χ4v) is 5.69. The minimum absolute atomic E-state index is 0.153. The maximum Gasteiger partial charge on any atom is 0.209 e. The SMILES string of the molecule is [3H][B]SOCCC12C[C@H](O)C(CC)(O1)c1c2c(O)n(-c2ccc(C#N)c3ccccc23)c1O. The van der Waals surface area contributed by atoms with Crippen LogP contribution in [-0.2, 0) is 20.1 Å². The van der Waals surface area contributed by atoms with E-state index in [9.17, 15) is 20.6 Å². The average Bonchev–Trinajstić information content (AvgIpc) is 3.39. The highest BCUT2D eigenvalue weighted by molar-refractivity contribution is 8.15. The zero-order valence-corrected chi connectivity index (χ0v) is 18.2. The van der Waals surface area contributed by atoms with E-state index < -0.39 is 17.3 Å². The third kappa shape index (κ3) is 2.61. The molecule has 0 saturated carbocycles. The fourth-order valence-electron chi connectivity index (χ4n) is 5.51. The van der Waals surface area contributed by atoms with Gasteiger partial charge in [0.05, 0.1) is 41.2 Å². The monoisotopic (exact) mass is 451 g/mol. The Morgan fingerprint density at radius 1 is 1.28 bits per heavy atom. The van der Waals surface area contributed by atoms with Crippen molar-refractivity contribution in [2.45, 2.75) is 43.5 Å². The number of ether oxygens (including phenoxy) is 1. The fraction of sp³-hybridized carbons (Fsp3) is 0.348. The number of aliphatic hydroxyl groups is 1. The third-order valence-electron chi connectivity index (χ3n) is 6.88. The highest BCUT2D eigenvalue weighted by Gasteiger charge is 2.67. The number of fused-ring (bicyclic) bond motifs is 6. The Bertz CT molecular complexity index is 1290. The highest BCUT2D eigenvalue weighted by Crippen LogP contribution is 2.66. The Morgan fingerprint density at radius 2 is 2.03 bits per heavy atom. The Kier molecular flexibility index (Phi) is 4.66. The number of benzene rings is 2. The van der Waals surface area contributed by atoms with E-state index in [1.54, 1.807) is 12.1 Å². The second-order valence-corrected chi connectivity index (χ2v) is 8.68. The third-order valence-corrected chi connectivity index (χ3v) is 7.19. The molecule has 3 N–H and O–H groups in total. The Labute approximate surface area is 192 Å². The summed E-state index contributed by atoms with van der Waals surface area (Å²) in [7, 11) is 1.08. The van der Waals surface area contributed by atoms with Gasteiger partial charge in [0, 0.05) is 23.6 Å². The number of hydrogen-bond acceptors (Lipinski definition) is 7. The van der Waals surface area contributed by atoms with E-state index in [1.165, 1.54) is 4.57 Å². The molecule has 1 aromatic heterocycles. The zero-order valence-electron chi connectivity index (χ0n) is 18.4. The molecule has 2 aliphatic rings. The summed E-state index contributed by atoms with van der Waals surface area (Å²) in [5, 5.41) is 44.8. The second-order valence-electron chi connectivity index (χ2n) is 8.25. The molecule has 1 radical (unpaired) electrons. The summed E-state index contributed by atoms with van der Waals surface area (Å²) in [4.78, 5) is 0. The predicted octanol–water partition coefficient (Wildman–Crippen LogP) is 3.38. The van der Waals surface area contributed by atoms with Crippen LogP contribution >= 0.6 is 11.9 Å². The van der Waals surface area contributed by atoms with Crippen molar-refractivity contribution in [2.75, 3.05) is 6.61 Å². The Balaban J connectivity index is 1.72. The molecule has 9 heteroatoms. The molecule has 5 rings (SSSR count). The van der Waals surface area contributed by atoms with Gasteiger partial charge >= 0.3 is 0 Å². The lowest BCUT2D eigenvalue weighted by molar-refractivity contribution is -0.119. The van der Waals surface area contributed by atoms with Gasteiger partial charge in [0.25, 0.3) is 0 Å². The van der Waals surface area contributed by atoms with Crippen LogP contribution in [0.3, 0.4) is 0 Å². The van der Waals surface area contributed by atoms with E-state index in [0.29, 0.717) is 46.0 Å². The number of nitriles is 1. The summed E-state index contributed by atoms with van der Waals surface area (Å²) < 4.78 is 20.3. The van der Waals surface area contributed by atoms with E-state index in [0.717, 1.165) is 19.0 Å². The summed E-state index contributed by atoms with van der Waals surface area (Å²) in [5.41, 5.74) is -0.283. The molecule has 163 valence electrons. The lowest BCUT2D eigenvalue weighted by Crippen LogP contribution is -2.35. The van der Waals surface area contributed by atoms with E-state index in [-0.39, 0.29) is 24.8 Å². The molecule has 0 aliphatic carbocycles. The van der Waals surface area contributed by atoms with Crippen molar-refractivity contribution >= 4 is 29.8 Å². The van der Waals surface area contributed by atoms with Gasteiger partial charge in [-0.2, -0.15) is 5.26 Å². The molecule has 2 unspecified atom stereocenters. The first-order valence-corrected chi connectivity index (χ1v) is 11.2. The van der Waals surface area contributed by atoms with Crippen LogP contribution in [0.1, 0.15) is 42.9 Å². The van der Waals surface area contributed by atoms with Gasteiger partial charge in [0.2, 0.25) is 18.8 Å². The van der Waals surface area contributed by atoms with Crippen molar-refractivity contribution < 1.29 is 24.2 Å². The lowest BCUT2D eigenvalue weighted by atomic mass is 9.74. The van der Waals surface area contributed by atoms with Crippen LogP contribution in [-0.4, -0.2) is 41.0 Å². The maximum absolute atomic E-state index is 11.5. The normalized spacial score (nSPS) is 26.2.